The molecule has 1 heterocycles. The number of carbonyl (C=O) groups excluding carboxylic acids is 2. The van der Waals surface area contributed by atoms with E-state index in [4.69, 9.17) is 9.47 Å². The lowest BCUT2D eigenvalue weighted by molar-refractivity contribution is -0.141. The van der Waals surface area contributed by atoms with Crippen molar-refractivity contribution in [1.29, 1.82) is 0 Å². The first kappa shape index (κ1) is 19.4. The van der Waals surface area contributed by atoms with Crippen molar-refractivity contribution in [3.8, 4) is 0 Å². The van der Waals surface area contributed by atoms with Gasteiger partial charge in [-0.25, -0.2) is 0 Å². The Bertz CT molecular complexity index is 535. The number of nitrogens with one attached hydrogen (secondary N) is 1. The zero-order valence-electron chi connectivity index (χ0n) is 15.0. The minimum Gasteiger partial charge on any atom is -0.384 e. The maximum Gasteiger partial charge on any atom is 0.247 e. The molecule has 0 aromatic heterocycles. The van der Waals surface area contributed by atoms with Gasteiger partial charge in [0, 0.05) is 20.2 Å². The zero-order chi connectivity index (χ0) is 18.1. The molecular weight excluding hydrogens is 320 g/mol. The number of nitrogens with zero attached hydrogens (tertiary/aromatic N) is 1. The Hall–Kier alpha value is -1.92. The van der Waals surface area contributed by atoms with Gasteiger partial charge in [-0.15, -0.1) is 0 Å². The minimum atomic E-state index is -0.678. The number of piperidine rings is 1. The van der Waals surface area contributed by atoms with Crippen LogP contribution in [0.15, 0.2) is 30.3 Å². The Balaban J connectivity index is 1.95. The number of amides is 2. The normalized spacial score (nSPS) is 19.9. The molecule has 1 saturated heterocycles. The molecule has 2 amide bonds. The molecule has 1 aliphatic rings. The SMILES string of the molecule is COCC1CCCN(C(=O)C(NC=O)C(C)OCc2ccccc2)C1. The van der Waals surface area contributed by atoms with Crippen LogP contribution < -0.4 is 5.32 Å². The molecule has 25 heavy (non-hydrogen) atoms. The predicted molar refractivity (Wildman–Crippen MR) is 94.9 cm³/mol. The van der Waals surface area contributed by atoms with Gasteiger partial charge in [0.1, 0.15) is 6.04 Å². The lowest BCUT2D eigenvalue weighted by Crippen LogP contribution is -2.54. The quantitative estimate of drug-likeness (QED) is 0.688. The van der Waals surface area contributed by atoms with Crippen LogP contribution in [0.25, 0.3) is 0 Å². The Morgan fingerprint density at radius 2 is 2.16 bits per heavy atom. The van der Waals surface area contributed by atoms with Gasteiger partial charge in [0.2, 0.25) is 12.3 Å². The van der Waals surface area contributed by atoms with E-state index in [-0.39, 0.29) is 5.91 Å². The average molecular weight is 348 g/mol. The molecule has 0 aliphatic carbocycles. The third-order valence-electron chi connectivity index (χ3n) is 4.57. The Morgan fingerprint density at radius 1 is 1.40 bits per heavy atom. The number of benzene rings is 1. The lowest BCUT2D eigenvalue weighted by atomic mass is 9.97. The molecule has 0 bridgehead atoms. The standard InChI is InChI=1S/C19H28N2O4/c1-15(25-13-16-7-4-3-5-8-16)18(20-14-22)19(23)21-10-6-9-17(11-21)12-24-2/h3-5,7-8,14-15,17-18H,6,9-13H2,1-2H3,(H,20,22). The number of rotatable bonds is 9. The highest BCUT2D eigenvalue weighted by molar-refractivity contribution is 5.84. The molecule has 6 heteroatoms. The van der Waals surface area contributed by atoms with E-state index in [2.05, 4.69) is 5.32 Å². The number of hydrogen-bond acceptors (Lipinski definition) is 4. The number of likely N-dealkylation sites (tertiary alicyclic amines) is 1. The largest absolute Gasteiger partial charge is 0.384 e. The van der Waals surface area contributed by atoms with Crippen LogP contribution in [0.5, 0.6) is 0 Å². The summed E-state index contributed by atoms with van der Waals surface area (Å²) in [5.74, 6) is 0.258. The van der Waals surface area contributed by atoms with Crippen LogP contribution in [0.1, 0.15) is 25.3 Å². The van der Waals surface area contributed by atoms with Crippen LogP contribution in [-0.2, 0) is 25.7 Å². The first-order chi connectivity index (χ1) is 12.2. The molecule has 2 rings (SSSR count). The average Bonchev–Trinajstić information content (AvgIpc) is 2.65. The van der Waals surface area contributed by atoms with Crippen LogP contribution in [0, 0.1) is 5.92 Å². The second-order valence-corrected chi connectivity index (χ2v) is 6.51. The molecule has 0 spiro atoms. The van der Waals surface area contributed by atoms with Gasteiger partial charge in [0.15, 0.2) is 0 Å². The molecule has 1 fully saturated rings. The fourth-order valence-corrected chi connectivity index (χ4v) is 3.21. The van der Waals surface area contributed by atoms with Gasteiger partial charge in [-0.05, 0) is 31.2 Å². The van der Waals surface area contributed by atoms with Gasteiger partial charge in [0.05, 0.1) is 19.3 Å². The summed E-state index contributed by atoms with van der Waals surface area (Å²) in [6.45, 7) is 4.24. The molecule has 1 aromatic rings. The summed E-state index contributed by atoms with van der Waals surface area (Å²) in [6.07, 6.45) is 2.17. The summed E-state index contributed by atoms with van der Waals surface area (Å²) in [4.78, 5) is 25.7. The first-order valence-electron chi connectivity index (χ1n) is 8.78. The van der Waals surface area contributed by atoms with Crippen LogP contribution in [0.2, 0.25) is 0 Å². The second kappa shape index (κ2) is 10.2. The van der Waals surface area contributed by atoms with Crippen molar-refractivity contribution in [2.45, 2.75) is 38.5 Å². The molecule has 1 aliphatic heterocycles. The lowest BCUT2D eigenvalue weighted by Gasteiger charge is -2.35. The first-order valence-corrected chi connectivity index (χ1v) is 8.78. The van der Waals surface area contributed by atoms with Crippen molar-refractivity contribution < 1.29 is 19.1 Å². The van der Waals surface area contributed by atoms with Gasteiger partial charge in [0.25, 0.3) is 0 Å². The number of hydrogen-bond donors (Lipinski definition) is 1. The van der Waals surface area contributed by atoms with Crippen LogP contribution in [-0.4, -0.2) is 56.2 Å². The third kappa shape index (κ3) is 5.83. The van der Waals surface area contributed by atoms with E-state index >= 15 is 0 Å². The van der Waals surface area contributed by atoms with E-state index in [1.54, 1.807) is 7.11 Å². The molecule has 1 N–H and O–H groups in total. The van der Waals surface area contributed by atoms with Crippen molar-refractivity contribution in [2.24, 2.45) is 5.92 Å². The Kier molecular flexibility index (Phi) is 7.88. The van der Waals surface area contributed by atoms with Crippen molar-refractivity contribution in [3.05, 3.63) is 35.9 Å². The summed E-state index contributed by atoms with van der Waals surface area (Å²) in [5, 5.41) is 2.63. The smallest absolute Gasteiger partial charge is 0.247 e. The molecule has 6 nitrogen and oxygen atoms in total. The number of ether oxygens (including phenoxy) is 2. The van der Waals surface area contributed by atoms with Crippen molar-refractivity contribution in [3.63, 3.8) is 0 Å². The second-order valence-electron chi connectivity index (χ2n) is 6.51. The van der Waals surface area contributed by atoms with E-state index < -0.39 is 12.1 Å². The van der Waals surface area contributed by atoms with Gasteiger partial charge in [-0.3, -0.25) is 9.59 Å². The monoisotopic (exact) mass is 348 g/mol. The van der Waals surface area contributed by atoms with Gasteiger partial charge in [-0.2, -0.15) is 0 Å². The molecule has 0 radical (unpaired) electrons. The van der Waals surface area contributed by atoms with E-state index in [1.807, 2.05) is 42.2 Å². The number of methoxy groups -OCH3 is 1. The van der Waals surface area contributed by atoms with E-state index in [9.17, 15) is 9.59 Å². The highest BCUT2D eigenvalue weighted by atomic mass is 16.5. The van der Waals surface area contributed by atoms with Crippen molar-refractivity contribution in [1.82, 2.24) is 10.2 Å². The predicted octanol–water partition coefficient (Wildman–Crippen LogP) is 1.59. The Morgan fingerprint density at radius 3 is 2.84 bits per heavy atom. The summed E-state index contributed by atoms with van der Waals surface area (Å²) >= 11 is 0. The highest BCUT2D eigenvalue weighted by Gasteiger charge is 2.32. The molecular formula is C19H28N2O4. The fourth-order valence-electron chi connectivity index (χ4n) is 3.21. The van der Waals surface area contributed by atoms with Crippen molar-refractivity contribution >= 4 is 12.3 Å². The molecule has 0 saturated carbocycles. The molecule has 138 valence electrons. The minimum absolute atomic E-state index is 0.0894. The van der Waals surface area contributed by atoms with Crippen LogP contribution in [0.4, 0.5) is 0 Å². The zero-order valence-corrected chi connectivity index (χ0v) is 15.0. The van der Waals surface area contributed by atoms with Gasteiger partial charge in [-0.1, -0.05) is 30.3 Å². The molecule has 3 unspecified atom stereocenters. The maximum absolute atomic E-state index is 12.9. The van der Waals surface area contributed by atoms with E-state index in [0.717, 1.165) is 18.4 Å². The van der Waals surface area contributed by atoms with Crippen LogP contribution in [0.3, 0.4) is 0 Å². The Labute approximate surface area is 149 Å². The fraction of sp³-hybridized carbons (Fsp3) is 0.579. The molecule has 1 aromatic carbocycles. The third-order valence-corrected chi connectivity index (χ3v) is 4.57. The summed E-state index contributed by atoms with van der Waals surface area (Å²) in [6, 6.07) is 9.09. The van der Waals surface area contributed by atoms with Gasteiger partial charge >= 0.3 is 0 Å². The summed E-state index contributed by atoms with van der Waals surface area (Å²) in [7, 11) is 1.68. The topological polar surface area (TPSA) is 67.9 Å². The summed E-state index contributed by atoms with van der Waals surface area (Å²) in [5.41, 5.74) is 1.03. The van der Waals surface area contributed by atoms with Crippen molar-refractivity contribution in [2.75, 3.05) is 26.8 Å². The van der Waals surface area contributed by atoms with E-state index in [0.29, 0.717) is 38.6 Å². The maximum atomic E-state index is 12.9. The molecule has 3 atom stereocenters. The van der Waals surface area contributed by atoms with E-state index in [1.165, 1.54) is 0 Å². The number of carbonyl (C=O) groups is 2. The summed E-state index contributed by atoms with van der Waals surface area (Å²) < 4.78 is 11.1. The highest BCUT2D eigenvalue weighted by Crippen LogP contribution is 2.18. The van der Waals surface area contributed by atoms with Crippen LogP contribution >= 0.6 is 0 Å². The van der Waals surface area contributed by atoms with Gasteiger partial charge < -0.3 is 19.7 Å².